The third kappa shape index (κ3) is 4.70. The summed E-state index contributed by atoms with van der Waals surface area (Å²) >= 11 is 1.31. The van der Waals surface area contributed by atoms with Gasteiger partial charge in [0.1, 0.15) is 5.00 Å². The third-order valence-electron chi connectivity index (χ3n) is 3.89. The van der Waals surface area contributed by atoms with E-state index in [1.807, 2.05) is 32.0 Å². The van der Waals surface area contributed by atoms with Crippen LogP contribution in [0.25, 0.3) is 0 Å². The lowest BCUT2D eigenvalue weighted by molar-refractivity contribution is -0.119. The molecule has 0 spiro atoms. The molecule has 0 fully saturated rings. The first-order valence-electron chi connectivity index (χ1n) is 8.25. The van der Waals surface area contributed by atoms with E-state index in [1.54, 1.807) is 13.0 Å². The van der Waals surface area contributed by atoms with Crippen LogP contribution in [0.5, 0.6) is 0 Å². The summed E-state index contributed by atoms with van der Waals surface area (Å²) in [6.07, 6.45) is 0.781. The second kappa shape index (κ2) is 8.62. The van der Waals surface area contributed by atoms with Crippen LogP contribution in [-0.2, 0) is 20.7 Å². The smallest absolute Gasteiger partial charge is 0.341 e. The fraction of sp³-hybridized carbons (Fsp3) is 0.316. The van der Waals surface area contributed by atoms with Gasteiger partial charge in [0.2, 0.25) is 5.91 Å². The van der Waals surface area contributed by atoms with Gasteiger partial charge < -0.3 is 15.4 Å². The van der Waals surface area contributed by atoms with E-state index in [4.69, 9.17) is 4.74 Å². The molecule has 0 unspecified atom stereocenters. The molecule has 0 aliphatic heterocycles. The molecule has 1 aromatic heterocycles. The van der Waals surface area contributed by atoms with Gasteiger partial charge in [0.05, 0.1) is 5.56 Å². The van der Waals surface area contributed by atoms with E-state index in [9.17, 15) is 14.4 Å². The number of thiophene rings is 1. The number of anilines is 2. The fourth-order valence-electron chi connectivity index (χ4n) is 2.46. The molecule has 2 rings (SSSR count). The molecule has 0 aliphatic rings. The molecule has 1 aromatic carbocycles. The van der Waals surface area contributed by atoms with Crippen molar-refractivity contribution < 1.29 is 19.1 Å². The summed E-state index contributed by atoms with van der Waals surface area (Å²) in [5.74, 6) is -1.31. The Morgan fingerprint density at radius 2 is 1.81 bits per heavy atom. The number of benzene rings is 1. The zero-order valence-corrected chi connectivity index (χ0v) is 16.1. The average Bonchev–Trinajstić information content (AvgIpc) is 2.86. The Hall–Kier alpha value is -2.67. The molecular weight excluding hydrogens is 352 g/mol. The molecule has 2 amide bonds. The van der Waals surface area contributed by atoms with Crippen molar-refractivity contribution >= 4 is 39.8 Å². The first kappa shape index (κ1) is 19.7. The molecule has 0 aliphatic carbocycles. The van der Waals surface area contributed by atoms with Crippen LogP contribution in [0.15, 0.2) is 24.3 Å². The lowest BCUT2D eigenvalue weighted by Crippen LogP contribution is -2.22. The Bertz CT molecular complexity index is 842. The second-order valence-corrected chi connectivity index (χ2v) is 7.03. The van der Waals surface area contributed by atoms with Crippen molar-refractivity contribution in [1.82, 2.24) is 0 Å². The Labute approximate surface area is 156 Å². The highest BCUT2D eigenvalue weighted by molar-refractivity contribution is 7.16. The molecule has 0 saturated carbocycles. The van der Waals surface area contributed by atoms with Gasteiger partial charge in [-0.25, -0.2) is 4.79 Å². The second-order valence-electron chi connectivity index (χ2n) is 5.80. The van der Waals surface area contributed by atoms with Gasteiger partial charge in [-0.15, -0.1) is 11.3 Å². The highest BCUT2D eigenvalue weighted by atomic mass is 32.1. The molecule has 1 heterocycles. The number of carbonyl (C=O) groups excluding carboxylic acids is 3. The van der Waals surface area contributed by atoms with Crippen molar-refractivity contribution in [3.05, 3.63) is 45.8 Å². The Kier molecular flexibility index (Phi) is 6.52. The third-order valence-corrected chi connectivity index (χ3v) is 5.01. The van der Waals surface area contributed by atoms with Gasteiger partial charge in [-0.3, -0.25) is 9.59 Å². The van der Waals surface area contributed by atoms with E-state index in [0.717, 1.165) is 22.4 Å². The maximum absolute atomic E-state index is 12.4. The molecule has 0 radical (unpaired) electrons. The largest absolute Gasteiger partial charge is 0.452 e. The van der Waals surface area contributed by atoms with Gasteiger partial charge >= 0.3 is 5.97 Å². The number of aryl methyl sites for hydroxylation is 2. The number of carbonyl (C=O) groups is 3. The van der Waals surface area contributed by atoms with Crippen LogP contribution in [0.1, 0.15) is 40.2 Å². The van der Waals surface area contributed by atoms with Crippen LogP contribution >= 0.6 is 11.3 Å². The van der Waals surface area contributed by atoms with Crippen molar-refractivity contribution in [2.24, 2.45) is 0 Å². The molecular formula is C19H22N2O4S. The molecule has 2 aromatic rings. The van der Waals surface area contributed by atoms with E-state index < -0.39 is 18.5 Å². The van der Waals surface area contributed by atoms with Crippen LogP contribution in [-0.4, -0.2) is 24.4 Å². The number of rotatable bonds is 6. The quantitative estimate of drug-likeness (QED) is 0.756. The van der Waals surface area contributed by atoms with Gasteiger partial charge in [0, 0.05) is 17.5 Å². The number of ether oxygens (including phenoxy) is 1. The Morgan fingerprint density at radius 1 is 1.12 bits per heavy atom. The van der Waals surface area contributed by atoms with E-state index in [1.165, 1.54) is 18.3 Å². The van der Waals surface area contributed by atoms with Crippen LogP contribution in [0.3, 0.4) is 0 Å². The van der Waals surface area contributed by atoms with Gasteiger partial charge in [-0.2, -0.15) is 0 Å². The van der Waals surface area contributed by atoms with Crippen molar-refractivity contribution in [2.75, 3.05) is 17.2 Å². The molecule has 6 nitrogen and oxygen atoms in total. The molecule has 138 valence electrons. The van der Waals surface area contributed by atoms with Crippen molar-refractivity contribution in [3.63, 3.8) is 0 Å². The van der Waals surface area contributed by atoms with E-state index >= 15 is 0 Å². The van der Waals surface area contributed by atoms with Crippen molar-refractivity contribution in [2.45, 2.75) is 34.1 Å². The molecule has 2 N–H and O–H groups in total. The van der Waals surface area contributed by atoms with Crippen LogP contribution in [0.4, 0.5) is 10.7 Å². The van der Waals surface area contributed by atoms with Crippen molar-refractivity contribution in [3.8, 4) is 0 Å². The predicted octanol–water partition coefficient (Wildman–Crippen LogP) is 3.68. The zero-order valence-electron chi connectivity index (χ0n) is 15.3. The molecule has 26 heavy (non-hydrogen) atoms. The topological polar surface area (TPSA) is 84.5 Å². The van der Waals surface area contributed by atoms with Gasteiger partial charge in [0.15, 0.2) is 6.61 Å². The average molecular weight is 374 g/mol. The fourth-order valence-corrected chi connectivity index (χ4v) is 3.56. The molecule has 0 atom stereocenters. The number of nitrogens with one attached hydrogen (secondary N) is 2. The monoisotopic (exact) mass is 374 g/mol. The van der Waals surface area contributed by atoms with Crippen LogP contribution < -0.4 is 10.6 Å². The van der Waals surface area contributed by atoms with Crippen molar-refractivity contribution in [1.29, 1.82) is 0 Å². The highest BCUT2D eigenvalue weighted by Gasteiger charge is 2.22. The van der Waals surface area contributed by atoms with E-state index in [0.29, 0.717) is 16.3 Å². The summed E-state index contributed by atoms with van der Waals surface area (Å²) in [7, 11) is 0. The van der Waals surface area contributed by atoms with Crippen LogP contribution in [0, 0.1) is 13.8 Å². The highest BCUT2D eigenvalue weighted by Crippen LogP contribution is 2.33. The Balaban J connectivity index is 2.04. The predicted molar refractivity (Wildman–Crippen MR) is 103 cm³/mol. The number of esters is 1. The zero-order chi connectivity index (χ0) is 19.3. The minimum absolute atomic E-state index is 0.269. The maximum atomic E-state index is 12.4. The maximum Gasteiger partial charge on any atom is 0.341 e. The Morgan fingerprint density at radius 3 is 2.46 bits per heavy atom. The summed E-state index contributed by atoms with van der Waals surface area (Å²) in [6, 6.07) is 7.47. The summed E-state index contributed by atoms with van der Waals surface area (Å²) < 4.78 is 5.16. The summed E-state index contributed by atoms with van der Waals surface area (Å²) in [5, 5.41) is 5.83. The SMILES string of the molecule is CCc1ccccc1NC(=O)COC(=O)c1c(NC(C)=O)sc(C)c1C. The minimum atomic E-state index is -0.630. The first-order chi connectivity index (χ1) is 12.3. The number of hydrogen-bond acceptors (Lipinski definition) is 5. The minimum Gasteiger partial charge on any atom is -0.452 e. The number of hydrogen-bond donors (Lipinski definition) is 2. The summed E-state index contributed by atoms with van der Waals surface area (Å²) in [6.45, 7) is 6.61. The standard InChI is InChI=1S/C19H22N2O4S/c1-5-14-8-6-7-9-15(14)21-16(23)10-25-19(24)17-11(2)12(3)26-18(17)20-13(4)22/h6-9H,5,10H2,1-4H3,(H,20,22)(H,21,23). The van der Waals surface area contributed by atoms with E-state index in [-0.39, 0.29) is 5.91 Å². The first-order valence-corrected chi connectivity index (χ1v) is 9.07. The molecule has 7 heteroatoms. The number of amides is 2. The number of para-hydroxylation sites is 1. The molecule has 0 saturated heterocycles. The van der Waals surface area contributed by atoms with Gasteiger partial charge in [-0.05, 0) is 37.5 Å². The summed E-state index contributed by atoms with van der Waals surface area (Å²) in [5.41, 5.74) is 2.74. The normalized spacial score (nSPS) is 10.3. The van der Waals surface area contributed by atoms with E-state index in [2.05, 4.69) is 10.6 Å². The van der Waals surface area contributed by atoms with Gasteiger partial charge in [-0.1, -0.05) is 25.1 Å². The summed E-state index contributed by atoms with van der Waals surface area (Å²) in [4.78, 5) is 36.8. The molecule has 0 bridgehead atoms. The van der Waals surface area contributed by atoms with Gasteiger partial charge in [0.25, 0.3) is 5.91 Å². The lowest BCUT2D eigenvalue weighted by atomic mass is 10.1. The van der Waals surface area contributed by atoms with Crippen LogP contribution in [0.2, 0.25) is 0 Å². The lowest BCUT2D eigenvalue weighted by Gasteiger charge is -2.10.